The van der Waals surface area contributed by atoms with Crippen molar-refractivity contribution in [1.82, 2.24) is 0 Å². The summed E-state index contributed by atoms with van der Waals surface area (Å²) in [5, 5.41) is 0. The Labute approximate surface area is 141 Å². The fourth-order valence-electron chi connectivity index (χ4n) is 2.78. The van der Waals surface area contributed by atoms with Crippen LogP contribution in [-0.2, 0) is 20.7 Å². The fraction of sp³-hybridized carbons (Fsp3) is 0.529. The zero-order valence-electron chi connectivity index (χ0n) is 14.1. The number of hydrogen-bond donors (Lipinski definition) is 0. The molecule has 0 saturated carbocycles. The summed E-state index contributed by atoms with van der Waals surface area (Å²) in [6, 6.07) is 2.92. The second kappa shape index (κ2) is 6.40. The van der Waals surface area contributed by atoms with E-state index in [0.29, 0.717) is 12.1 Å². The zero-order valence-corrected chi connectivity index (χ0v) is 14.9. The third-order valence-electron chi connectivity index (χ3n) is 3.62. The molecule has 0 bridgehead atoms. The van der Waals surface area contributed by atoms with Crippen LogP contribution in [0.25, 0.3) is 0 Å². The number of anilines is 1. The van der Waals surface area contributed by atoms with Gasteiger partial charge in [-0.1, -0.05) is 17.7 Å². The maximum atomic E-state index is 12.6. The molecule has 6 heteroatoms. The normalized spacial score (nSPS) is 17.0. The molecule has 1 amide bonds. The summed E-state index contributed by atoms with van der Waals surface area (Å²) in [5.41, 5.74) is 3.06. The molecule has 0 aromatic heterocycles. The molecule has 0 fully saturated rings. The van der Waals surface area contributed by atoms with Crippen LogP contribution in [0.1, 0.15) is 37.5 Å². The van der Waals surface area contributed by atoms with Crippen LogP contribution in [0.15, 0.2) is 12.1 Å². The number of halogens is 1. The van der Waals surface area contributed by atoms with Gasteiger partial charge in [0.1, 0.15) is 11.6 Å². The number of aryl methyl sites for hydroxylation is 2. The van der Waals surface area contributed by atoms with Crippen LogP contribution >= 0.6 is 11.6 Å². The predicted molar refractivity (Wildman–Crippen MR) is 88.9 cm³/mol. The van der Waals surface area contributed by atoms with E-state index in [-0.39, 0.29) is 6.07 Å². The van der Waals surface area contributed by atoms with E-state index in [0.717, 1.165) is 16.7 Å². The average molecular weight is 340 g/mol. The second-order valence-corrected chi connectivity index (χ2v) is 6.94. The Morgan fingerprint density at radius 1 is 1.30 bits per heavy atom. The van der Waals surface area contributed by atoms with Gasteiger partial charge < -0.3 is 9.47 Å². The van der Waals surface area contributed by atoms with E-state index in [4.69, 9.17) is 21.1 Å². The first kappa shape index (κ1) is 17.6. The molecule has 1 unspecified atom stereocenters. The Balaban J connectivity index is 2.44. The lowest BCUT2D eigenvalue weighted by Gasteiger charge is -2.28. The number of fused-ring (bicyclic) bond motifs is 1. The molecule has 1 aliphatic heterocycles. The Hall–Kier alpha value is -1.75. The van der Waals surface area contributed by atoms with Crippen molar-refractivity contribution in [3.63, 3.8) is 0 Å². The van der Waals surface area contributed by atoms with Crippen LogP contribution in [0, 0.1) is 13.8 Å². The standard InChI is InChI=1S/C17H22ClNO4/c1-10-6-11(2)12-8-14(15(20)22-9-18)19(13(12)7-10)16(21)23-17(3,4)5/h6-7,14H,8-9H2,1-5H3. The molecule has 2 rings (SSSR count). The van der Waals surface area contributed by atoms with Gasteiger partial charge in [-0.2, -0.15) is 0 Å². The highest BCUT2D eigenvalue weighted by molar-refractivity contribution is 6.17. The lowest BCUT2D eigenvalue weighted by Crippen LogP contribution is -2.46. The minimum Gasteiger partial charge on any atom is -0.448 e. The highest BCUT2D eigenvalue weighted by Crippen LogP contribution is 2.37. The molecule has 126 valence electrons. The summed E-state index contributed by atoms with van der Waals surface area (Å²) in [7, 11) is 0. The highest BCUT2D eigenvalue weighted by atomic mass is 35.5. The first-order valence-electron chi connectivity index (χ1n) is 7.49. The third-order valence-corrected chi connectivity index (χ3v) is 3.73. The molecule has 1 aromatic rings. The minimum absolute atomic E-state index is 0.244. The van der Waals surface area contributed by atoms with E-state index in [2.05, 4.69) is 0 Å². The van der Waals surface area contributed by atoms with Crippen molar-refractivity contribution in [2.24, 2.45) is 0 Å². The van der Waals surface area contributed by atoms with Crippen molar-refractivity contribution < 1.29 is 19.1 Å². The molecular formula is C17H22ClNO4. The zero-order chi connectivity index (χ0) is 17.4. The van der Waals surface area contributed by atoms with Gasteiger partial charge in [0.25, 0.3) is 0 Å². The molecule has 0 saturated heterocycles. The average Bonchev–Trinajstić information content (AvgIpc) is 2.76. The largest absolute Gasteiger partial charge is 0.448 e. The first-order valence-corrected chi connectivity index (χ1v) is 8.02. The molecule has 1 aromatic carbocycles. The Bertz CT molecular complexity index is 636. The SMILES string of the molecule is Cc1cc(C)c2c(c1)N(C(=O)OC(C)(C)C)C(C(=O)OCCl)C2. The van der Waals surface area contributed by atoms with Crippen molar-refractivity contribution >= 4 is 29.4 Å². The van der Waals surface area contributed by atoms with Gasteiger partial charge in [0.05, 0.1) is 5.69 Å². The summed E-state index contributed by atoms with van der Waals surface area (Å²) in [6.45, 7) is 9.28. The van der Waals surface area contributed by atoms with Crippen LogP contribution in [0.2, 0.25) is 0 Å². The van der Waals surface area contributed by atoms with Crippen LogP contribution in [0.4, 0.5) is 10.5 Å². The number of esters is 1. The summed E-state index contributed by atoms with van der Waals surface area (Å²) < 4.78 is 10.4. The van der Waals surface area contributed by atoms with Crippen molar-refractivity contribution in [2.75, 3.05) is 11.0 Å². The number of nitrogens with zero attached hydrogens (tertiary/aromatic N) is 1. The number of hydrogen-bond acceptors (Lipinski definition) is 4. The summed E-state index contributed by atoms with van der Waals surface area (Å²) in [5.74, 6) is -0.529. The molecule has 23 heavy (non-hydrogen) atoms. The molecule has 0 radical (unpaired) electrons. The number of carbonyl (C=O) groups is 2. The van der Waals surface area contributed by atoms with E-state index in [1.54, 1.807) is 20.8 Å². The van der Waals surface area contributed by atoms with E-state index in [9.17, 15) is 9.59 Å². The second-order valence-electron chi connectivity index (χ2n) is 6.72. The van der Waals surface area contributed by atoms with Crippen LogP contribution in [-0.4, -0.2) is 29.8 Å². The van der Waals surface area contributed by atoms with Crippen molar-refractivity contribution in [3.8, 4) is 0 Å². The molecule has 1 atom stereocenters. The quantitative estimate of drug-likeness (QED) is 0.609. The predicted octanol–water partition coefficient (Wildman–Crippen LogP) is 3.71. The van der Waals surface area contributed by atoms with Crippen LogP contribution in [0.5, 0.6) is 0 Å². The van der Waals surface area contributed by atoms with E-state index in [1.807, 2.05) is 26.0 Å². The van der Waals surface area contributed by atoms with E-state index >= 15 is 0 Å². The van der Waals surface area contributed by atoms with Gasteiger partial charge in [0, 0.05) is 6.42 Å². The molecule has 1 aliphatic rings. The molecule has 0 aliphatic carbocycles. The minimum atomic E-state index is -0.751. The van der Waals surface area contributed by atoms with Gasteiger partial charge in [-0.3, -0.25) is 4.90 Å². The highest BCUT2D eigenvalue weighted by Gasteiger charge is 2.42. The smallest absolute Gasteiger partial charge is 0.415 e. The summed E-state index contributed by atoms with van der Waals surface area (Å²) in [4.78, 5) is 26.2. The van der Waals surface area contributed by atoms with Crippen molar-refractivity contribution in [2.45, 2.75) is 52.7 Å². The summed E-state index contributed by atoms with van der Waals surface area (Å²) in [6.07, 6.45) is -0.158. The summed E-state index contributed by atoms with van der Waals surface area (Å²) >= 11 is 5.50. The van der Waals surface area contributed by atoms with Gasteiger partial charge in [0.2, 0.25) is 0 Å². The lowest BCUT2D eigenvalue weighted by atomic mass is 10.0. The first-order chi connectivity index (χ1) is 10.6. The third kappa shape index (κ3) is 3.78. The Morgan fingerprint density at radius 3 is 2.52 bits per heavy atom. The maximum absolute atomic E-state index is 12.6. The van der Waals surface area contributed by atoms with Gasteiger partial charge in [-0.25, -0.2) is 9.59 Å². The number of benzene rings is 1. The number of alkyl halides is 1. The van der Waals surface area contributed by atoms with Gasteiger partial charge in [-0.05, 0) is 57.4 Å². The Morgan fingerprint density at radius 2 is 1.96 bits per heavy atom. The molecule has 5 nitrogen and oxygen atoms in total. The molecular weight excluding hydrogens is 318 g/mol. The van der Waals surface area contributed by atoms with Crippen molar-refractivity contribution in [3.05, 3.63) is 28.8 Å². The number of carbonyl (C=O) groups excluding carboxylic acids is 2. The monoisotopic (exact) mass is 339 g/mol. The lowest BCUT2D eigenvalue weighted by molar-refractivity contribution is -0.143. The molecule has 0 spiro atoms. The van der Waals surface area contributed by atoms with Crippen molar-refractivity contribution in [1.29, 1.82) is 0 Å². The van der Waals surface area contributed by atoms with Gasteiger partial charge >= 0.3 is 12.1 Å². The fourth-order valence-corrected chi connectivity index (χ4v) is 2.89. The van der Waals surface area contributed by atoms with Gasteiger partial charge in [0.15, 0.2) is 6.07 Å². The van der Waals surface area contributed by atoms with Crippen LogP contribution < -0.4 is 4.90 Å². The topological polar surface area (TPSA) is 55.8 Å². The Kier molecular flexibility index (Phi) is 4.90. The maximum Gasteiger partial charge on any atom is 0.415 e. The molecule has 1 heterocycles. The number of ether oxygens (including phenoxy) is 2. The van der Waals surface area contributed by atoms with E-state index < -0.39 is 23.7 Å². The number of rotatable bonds is 2. The molecule has 0 N–H and O–H groups in total. The van der Waals surface area contributed by atoms with E-state index in [1.165, 1.54) is 4.90 Å². The van der Waals surface area contributed by atoms with Gasteiger partial charge in [-0.15, -0.1) is 0 Å². The number of amides is 1. The van der Waals surface area contributed by atoms with Crippen LogP contribution in [0.3, 0.4) is 0 Å².